The van der Waals surface area contributed by atoms with Crippen LogP contribution in [0.3, 0.4) is 0 Å². The number of halogens is 1. The number of amides is 2. The van der Waals surface area contributed by atoms with E-state index in [1.54, 1.807) is 39.2 Å². The Labute approximate surface area is 188 Å². The highest BCUT2D eigenvalue weighted by atomic mass is 35.5. The molecule has 8 heteroatoms. The van der Waals surface area contributed by atoms with E-state index in [2.05, 4.69) is 10.3 Å². The van der Waals surface area contributed by atoms with Gasteiger partial charge < -0.3 is 4.90 Å². The second-order valence-electron chi connectivity index (χ2n) is 7.17. The number of hydrogen-bond acceptors (Lipinski definition) is 5. The van der Waals surface area contributed by atoms with E-state index >= 15 is 0 Å². The summed E-state index contributed by atoms with van der Waals surface area (Å²) >= 11 is 7.17. The second kappa shape index (κ2) is 8.45. The number of aromatic nitrogens is 2. The van der Waals surface area contributed by atoms with Crippen LogP contribution in [0.25, 0.3) is 22.2 Å². The Hall–Kier alpha value is -3.29. The number of rotatable bonds is 4. The van der Waals surface area contributed by atoms with Gasteiger partial charge in [0.25, 0.3) is 11.8 Å². The average molecular weight is 451 g/mol. The molecule has 4 aromatic rings. The molecule has 0 aliphatic rings. The number of fused-ring (bicyclic) bond motifs is 1. The number of thiazole rings is 1. The van der Waals surface area contributed by atoms with Gasteiger partial charge in [-0.3, -0.25) is 14.9 Å². The Morgan fingerprint density at radius 2 is 1.74 bits per heavy atom. The van der Waals surface area contributed by atoms with Crippen molar-refractivity contribution in [3.63, 3.8) is 0 Å². The van der Waals surface area contributed by atoms with Crippen LogP contribution in [0, 0.1) is 6.92 Å². The minimum absolute atomic E-state index is 0.144. The van der Waals surface area contributed by atoms with Crippen molar-refractivity contribution in [2.75, 3.05) is 19.4 Å². The lowest BCUT2D eigenvalue weighted by atomic mass is 10.0. The van der Waals surface area contributed by atoms with Crippen molar-refractivity contribution in [2.24, 2.45) is 0 Å². The lowest BCUT2D eigenvalue weighted by Crippen LogP contribution is -2.21. The normalized spacial score (nSPS) is 10.8. The summed E-state index contributed by atoms with van der Waals surface area (Å²) in [5.41, 5.74) is 3.29. The fourth-order valence-corrected chi connectivity index (χ4v) is 4.26. The summed E-state index contributed by atoms with van der Waals surface area (Å²) in [6, 6.07) is 16.5. The SMILES string of the molecule is Cc1nc(NC(=O)c2cc(-c3ccc(Cl)cc3)nc3ccccc23)sc1C(=O)N(C)C. The summed E-state index contributed by atoms with van der Waals surface area (Å²) < 4.78 is 0. The molecular formula is C23H19ClN4O2S. The Morgan fingerprint density at radius 1 is 1.03 bits per heavy atom. The summed E-state index contributed by atoms with van der Waals surface area (Å²) in [7, 11) is 3.36. The van der Waals surface area contributed by atoms with E-state index < -0.39 is 0 Å². The summed E-state index contributed by atoms with van der Waals surface area (Å²) in [4.78, 5) is 36.5. The number of anilines is 1. The molecule has 2 amide bonds. The predicted octanol–water partition coefficient (Wildman–Crippen LogP) is 5.27. The Kier molecular flexibility index (Phi) is 5.71. The van der Waals surface area contributed by atoms with Gasteiger partial charge in [0.15, 0.2) is 5.13 Å². The van der Waals surface area contributed by atoms with Crippen LogP contribution in [0.15, 0.2) is 54.6 Å². The third kappa shape index (κ3) is 4.28. The predicted molar refractivity (Wildman–Crippen MR) is 125 cm³/mol. The van der Waals surface area contributed by atoms with Crippen LogP contribution in [0.4, 0.5) is 5.13 Å². The first kappa shape index (κ1) is 21.0. The highest BCUT2D eigenvalue weighted by Gasteiger charge is 2.20. The standard InChI is InChI=1S/C23H19ClN4O2S/c1-13-20(22(30)28(2)3)31-23(25-13)27-21(29)17-12-19(14-8-10-15(24)11-9-14)26-18-7-5-4-6-16(17)18/h4-12H,1-3H3,(H,25,27,29). The fourth-order valence-electron chi connectivity index (χ4n) is 3.15. The molecule has 0 aliphatic carbocycles. The number of carbonyl (C=O) groups is 2. The Bertz CT molecular complexity index is 1300. The number of nitrogens with zero attached hydrogens (tertiary/aromatic N) is 3. The minimum Gasteiger partial charge on any atom is -0.344 e. The lowest BCUT2D eigenvalue weighted by molar-refractivity contribution is 0.0831. The maximum Gasteiger partial charge on any atom is 0.265 e. The van der Waals surface area contributed by atoms with Crippen molar-refractivity contribution in [2.45, 2.75) is 6.92 Å². The largest absolute Gasteiger partial charge is 0.344 e. The molecule has 2 heterocycles. The number of aryl methyl sites for hydroxylation is 1. The summed E-state index contributed by atoms with van der Waals surface area (Å²) in [6.45, 7) is 1.75. The molecule has 0 atom stereocenters. The number of carbonyl (C=O) groups excluding carboxylic acids is 2. The van der Waals surface area contributed by atoms with Gasteiger partial charge >= 0.3 is 0 Å². The molecule has 0 spiro atoms. The molecule has 0 aliphatic heterocycles. The van der Waals surface area contributed by atoms with Gasteiger partial charge in [-0.05, 0) is 31.2 Å². The maximum absolute atomic E-state index is 13.2. The van der Waals surface area contributed by atoms with Crippen LogP contribution < -0.4 is 5.32 Å². The first-order chi connectivity index (χ1) is 14.8. The number of benzene rings is 2. The molecule has 0 unspecified atom stereocenters. The first-order valence-corrected chi connectivity index (χ1v) is 10.7. The van der Waals surface area contributed by atoms with Gasteiger partial charge in [0, 0.05) is 30.1 Å². The number of nitrogens with one attached hydrogen (secondary N) is 1. The van der Waals surface area contributed by atoms with E-state index in [-0.39, 0.29) is 11.8 Å². The van der Waals surface area contributed by atoms with E-state index in [4.69, 9.17) is 16.6 Å². The Balaban J connectivity index is 1.73. The van der Waals surface area contributed by atoms with Crippen molar-refractivity contribution in [1.82, 2.24) is 14.9 Å². The van der Waals surface area contributed by atoms with Crippen LogP contribution in [-0.2, 0) is 0 Å². The molecule has 2 aromatic carbocycles. The molecule has 6 nitrogen and oxygen atoms in total. The molecule has 1 N–H and O–H groups in total. The Morgan fingerprint density at radius 3 is 2.45 bits per heavy atom. The molecule has 2 aromatic heterocycles. The van der Waals surface area contributed by atoms with E-state index in [0.717, 1.165) is 22.3 Å². The zero-order valence-corrected chi connectivity index (χ0v) is 18.7. The first-order valence-electron chi connectivity index (χ1n) is 9.49. The smallest absolute Gasteiger partial charge is 0.265 e. The van der Waals surface area contributed by atoms with Gasteiger partial charge in [-0.2, -0.15) is 0 Å². The van der Waals surface area contributed by atoms with Gasteiger partial charge in [-0.1, -0.05) is 53.3 Å². The number of hydrogen-bond donors (Lipinski definition) is 1. The van der Waals surface area contributed by atoms with Crippen LogP contribution in [0.1, 0.15) is 25.7 Å². The topological polar surface area (TPSA) is 75.2 Å². The number of para-hydroxylation sites is 1. The third-order valence-corrected chi connectivity index (χ3v) is 6.03. The molecular weight excluding hydrogens is 432 g/mol. The van der Waals surface area contributed by atoms with Crippen LogP contribution >= 0.6 is 22.9 Å². The summed E-state index contributed by atoms with van der Waals surface area (Å²) in [5.74, 6) is -0.457. The van der Waals surface area contributed by atoms with E-state index in [1.165, 1.54) is 4.90 Å². The second-order valence-corrected chi connectivity index (χ2v) is 8.60. The number of pyridine rings is 1. The minimum atomic E-state index is -0.314. The van der Waals surface area contributed by atoms with E-state index in [1.807, 2.05) is 36.4 Å². The van der Waals surface area contributed by atoms with Gasteiger partial charge in [0.05, 0.1) is 22.5 Å². The van der Waals surface area contributed by atoms with Gasteiger partial charge in [0.2, 0.25) is 0 Å². The average Bonchev–Trinajstić information content (AvgIpc) is 3.12. The van der Waals surface area contributed by atoms with Gasteiger partial charge in [-0.15, -0.1) is 0 Å². The van der Waals surface area contributed by atoms with Crippen LogP contribution in [0.5, 0.6) is 0 Å². The molecule has 156 valence electrons. The molecule has 0 bridgehead atoms. The molecule has 0 radical (unpaired) electrons. The van der Waals surface area contributed by atoms with Crippen LogP contribution in [-0.4, -0.2) is 40.8 Å². The fraction of sp³-hybridized carbons (Fsp3) is 0.130. The van der Waals surface area contributed by atoms with Gasteiger partial charge in [-0.25, -0.2) is 9.97 Å². The zero-order valence-electron chi connectivity index (χ0n) is 17.1. The van der Waals surface area contributed by atoms with Crippen molar-refractivity contribution in [1.29, 1.82) is 0 Å². The quantitative estimate of drug-likeness (QED) is 0.459. The third-order valence-electron chi connectivity index (χ3n) is 4.72. The molecule has 0 saturated heterocycles. The maximum atomic E-state index is 13.2. The lowest BCUT2D eigenvalue weighted by Gasteiger charge is -2.10. The van der Waals surface area contributed by atoms with Crippen LogP contribution in [0.2, 0.25) is 5.02 Å². The highest BCUT2D eigenvalue weighted by molar-refractivity contribution is 7.17. The highest BCUT2D eigenvalue weighted by Crippen LogP contribution is 2.28. The summed E-state index contributed by atoms with van der Waals surface area (Å²) in [5, 5.41) is 4.58. The molecule has 0 fully saturated rings. The van der Waals surface area contributed by atoms with E-state index in [9.17, 15) is 9.59 Å². The van der Waals surface area contributed by atoms with Crippen molar-refractivity contribution in [3.8, 4) is 11.3 Å². The molecule has 0 saturated carbocycles. The summed E-state index contributed by atoms with van der Waals surface area (Å²) in [6.07, 6.45) is 0. The van der Waals surface area contributed by atoms with Crippen molar-refractivity contribution in [3.05, 3.63) is 75.8 Å². The van der Waals surface area contributed by atoms with Gasteiger partial charge in [0.1, 0.15) is 4.88 Å². The monoisotopic (exact) mass is 450 g/mol. The van der Waals surface area contributed by atoms with E-state index in [0.29, 0.717) is 37.5 Å². The van der Waals surface area contributed by atoms with Crippen molar-refractivity contribution < 1.29 is 9.59 Å². The molecule has 31 heavy (non-hydrogen) atoms. The molecule has 4 rings (SSSR count). The zero-order chi connectivity index (χ0) is 22.1. The van der Waals surface area contributed by atoms with Crippen molar-refractivity contribution >= 4 is 50.8 Å².